The Morgan fingerprint density at radius 1 is 1.18 bits per heavy atom. The third-order valence-corrected chi connectivity index (χ3v) is 6.75. The van der Waals surface area contributed by atoms with Crippen molar-refractivity contribution in [1.82, 2.24) is 18.7 Å². The summed E-state index contributed by atoms with van der Waals surface area (Å²) in [5.74, 6) is -0.733. The number of aromatic nitrogens is 4. The van der Waals surface area contributed by atoms with Crippen molar-refractivity contribution >= 4 is 34.6 Å². The number of rotatable bonds is 7. The first-order valence-corrected chi connectivity index (χ1v) is 12.4. The van der Waals surface area contributed by atoms with Crippen molar-refractivity contribution in [2.45, 2.75) is 45.8 Å². The van der Waals surface area contributed by atoms with Gasteiger partial charge in [-0.2, -0.15) is 4.98 Å². The van der Waals surface area contributed by atoms with Crippen LogP contribution in [0, 0.1) is 0 Å². The Morgan fingerprint density at radius 2 is 1.89 bits per heavy atom. The molecule has 1 aliphatic heterocycles. The van der Waals surface area contributed by atoms with Crippen LogP contribution >= 0.6 is 0 Å². The number of allylic oxidation sites excluding steroid dienone is 2. The first-order valence-electron chi connectivity index (χ1n) is 12.4. The number of nitrogen functional groups attached to an aromatic ring is 1. The molecule has 1 aromatic carbocycles. The Balaban J connectivity index is 1.86. The molecular formula is C26H33N7O5. The summed E-state index contributed by atoms with van der Waals surface area (Å²) in [7, 11) is 2.72. The Morgan fingerprint density at radius 3 is 2.55 bits per heavy atom. The predicted octanol–water partition coefficient (Wildman–Crippen LogP) is 1.04. The lowest BCUT2D eigenvalue weighted by atomic mass is 10.0. The van der Waals surface area contributed by atoms with Crippen LogP contribution in [0.4, 0.5) is 11.6 Å². The number of aryl methyl sites for hydroxylation is 1. The Bertz CT molecular complexity index is 1560. The van der Waals surface area contributed by atoms with Crippen LogP contribution in [-0.4, -0.2) is 56.7 Å². The predicted molar refractivity (Wildman–Crippen MR) is 145 cm³/mol. The van der Waals surface area contributed by atoms with E-state index in [1.165, 1.54) is 36.9 Å². The highest BCUT2D eigenvalue weighted by Gasteiger charge is 2.27. The summed E-state index contributed by atoms with van der Waals surface area (Å²) >= 11 is 0. The number of ketones is 1. The van der Waals surface area contributed by atoms with Gasteiger partial charge in [0.15, 0.2) is 16.9 Å². The van der Waals surface area contributed by atoms with Crippen LogP contribution in [0.15, 0.2) is 39.4 Å². The van der Waals surface area contributed by atoms with Crippen LogP contribution in [0.25, 0.3) is 11.2 Å². The van der Waals surface area contributed by atoms with E-state index in [1.807, 2.05) is 24.8 Å². The SMILES string of the molecule is COC(=O)c1cccc(C(=O)Cn2c(=O)c3c(nc(N4CCCC(N)C4)n3CC=C(C)C)n(C)c2=O)c1N. The molecule has 4 N–H and O–H groups in total. The third-order valence-electron chi connectivity index (χ3n) is 6.75. The molecule has 0 saturated carbocycles. The van der Waals surface area contributed by atoms with Crippen molar-refractivity contribution in [1.29, 1.82) is 0 Å². The molecule has 1 unspecified atom stereocenters. The molecule has 38 heavy (non-hydrogen) atoms. The third kappa shape index (κ3) is 4.86. The van der Waals surface area contributed by atoms with E-state index in [1.54, 1.807) is 4.57 Å². The number of para-hydroxylation sites is 1. The monoisotopic (exact) mass is 523 g/mol. The number of fused-ring (bicyclic) bond motifs is 1. The fourth-order valence-corrected chi connectivity index (χ4v) is 4.70. The quantitative estimate of drug-likeness (QED) is 0.200. The number of hydrogen-bond donors (Lipinski definition) is 2. The molecule has 12 heteroatoms. The number of imidazole rings is 1. The van der Waals surface area contributed by atoms with Crippen LogP contribution in [0.5, 0.6) is 0 Å². The number of hydrogen-bond acceptors (Lipinski definition) is 9. The number of carbonyl (C=O) groups is 2. The standard InChI is InChI=1S/C26H33N7O5/c1-15(2)10-12-32-21-22(29-25(32)31-11-6-7-16(27)13-31)30(3)26(37)33(23(21)35)14-19(34)17-8-5-9-18(20(17)28)24(36)38-4/h5,8-10,16H,6-7,11-14,27-28H2,1-4H3. The second-order valence-electron chi connectivity index (χ2n) is 9.74. The molecule has 3 aromatic rings. The summed E-state index contributed by atoms with van der Waals surface area (Å²) in [6.07, 6.45) is 3.75. The smallest absolute Gasteiger partial charge is 0.339 e. The summed E-state index contributed by atoms with van der Waals surface area (Å²) in [6.45, 7) is 5.00. The molecule has 12 nitrogen and oxygen atoms in total. The lowest BCUT2D eigenvalue weighted by Crippen LogP contribution is -2.44. The summed E-state index contributed by atoms with van der Waals surface area (Å²) in [5.41, 5.74) is 12.4. The van der Waals surface area contributed by atoms with Crippen molar-refractivity contribution in [3.8, 4) is 0 Å². The second-order valence-corrected chi connectivity index (χ2v) is 9.74. The highest BCUT2D eigenvalue weighted by molar-refractivity contribution is 6.06. The van der Waals surface area contributed by atoms with Crippen LogP contribution < -0.4 is 27.6 Å². The minimum absolute atomic E-state index is 0.0167. The Kier molecular flexibility index (Phi) is 7.53. The van der Waals surface area contributed by atoms with Gasteiger partial charge in [0.1, 0.15) is 0 Å². The van der Waals surface area contributed by atoms with Crippen LogP contribution in [-0.2, 0) is 24.9 Å². The minimum atomic E-state index is -0.695. The first-order chi connectivity index (χ1) is 18.0. The van der Waals surface area contributed by atoms with Gasteiger partial charge in [0.05, 0.1) is 24.9 Å². The van der Waals surface area contributed by atoms with E-state index in [2.05, 4.69) is 0 Å². The number of esters is 1. The normalized spacial score (nSPS) is 15.5. The molecule has 1 fully saturated rings. The fourth-order valence-electron chi connectivity index (χ4n) is 4.70. The van der Waals surface area contributed by atoms with Gasteiger partial charge in [-0.25, -0.2) is 9.59 Å². The molecule has 2 aromatic heterocycles. The van der Waals surface area contributed by atoms with E-state index in [4.69, 9.17) is 21.2 Å². The summed E-state index contributed by atoms with van der Waals surface area (Å²) in [6, 6.07) is 4.34. The molecule has 0 spiro atoms. The zero-order chi connectivity index (χ0) is 27.7. The maximum absolute atomic E-state index is 13.8. The maximum Gasteiger partial charge on any atom is 0.339 e. The van der Waals surface area contributed by atoms with E-state index in [0.29, 0.717) is 19.0 Å². The van der Waals surface area contributed by atoms with Gasteiger partial charge in [0.2, 0.25) is 5.95 Å². The zero-order valence-corrected chi connectivity index (χ0v) is 22.1. The Labute approximate surface area is 219 Å². The van der Waals surface area contributed by atoms with Crippen LogP contribution in [0.3, 0.4) is 0 Å². The molecule has 4 rings (SSSR count). The highest BCUT2D eigenvalue weighted by atomic mass is 16.5. The average molecular weight is 524 g/mol. The highest BCUT2D eigenvalue weighted by Crippen LogP contribution is 2.24. The fraction of sp³-hybridized carbons (Fsp3) is 0.423. The molecule has 1 aliphatic rings. The van der Waals surface area contributed by atoms with Gasteiger partial charge < -0.3 is 25.7 Å². The topological polar surface area (TPSA) is 160 Å². The van der Waals surface area contributed by atoms with Crippen molar-refractivity contribution < 1.29 is 14.3 Å². The van der Waals surface area contributed by atoms with E-state index >= 15 is 0 Å². The lowest BCUT2D eigenvalue weighted by molar-refractivity contribution is 0.0602. The molecule has 1 atom stereocenters. The molecule has 0 amide bonds. The van der Waals surface area contributed by atoms with E-state index in [9.17, 15) is 19.2 Å². The van der Waals surface area contributed by atoms with E-state index < -0.39 is 29.5 Å². The number of Topliss-reactive ketones (excluding diaryl/α,β-unsaturated/α-hetero) is 1. The molecule has 0 radical (unpaired) electrons. The van der Waals surface area contributed by atoms with Gasteiger partial charge in [0, 0.05) is 38.3 Å². The minimum Gasteiger partial charge on any atom is -0.465 e. The summed E-state index contributed by atoms with van der Waals surface area (Å²) in [4.78, 5) is 59.0. The van der Waals surface area contributed by atoms with E-state index in [-0.39, 0.29) is 34.0 Å². The number of piperidine rings is 1. The van der Waals surface area contributed by atoms with Gasteiger partial charge in [-0.05, 0) is 38.8 Å². The van der Waals surface area contributed by atoms with Gasteiger partial charge in [-0.3, -0.25) is 18.7 Å². The molecule has 202 valence electrons. The van der Waals surface area contributed by atoms with Crippen molar-refractivity contribution in [3.63, 3.8) is 0 Å². The number of anilines is 2. The second kappa shape index (κ2) is 10.7. The summed E-state index contributed by atoms with van der Waals surface area (Å²) < 4.78 is 8.64. The average Bonchev–Trinajstić information content (AvgIpc) is 3.28. The van der Waals surface area contributed by atoms with Crippen molar-refractivity contribution in [3.05, 3.63) is 61.8 Å². The number of carbonyl (C=O) groups excluding carboxylic acids is 2. The zero-order valence-electron chi connectivity index (χ0n) is 22.1. The number of methoxy groups -OCH3 is 1. The number of nitrogens with zero attached hydrogens (tertiary/aromatic N) is 5. The van der Waals surface area contributed by atoms with Gasteiger partial charge in [0.25, 0.3) is 5.56 Å². The first kappa shape index (κ1) is 26.9. The number of ether oxygens (including phenoxy) is 1. The van der Waals surface area contributed by atoms with Crippen molar-refractivity contribution in [2.75, 3.05) is 30.8 Å². The molecule has 0 bridgehead atoms. The molecular weight excluding hydrogens is 490 g/mol. The molecule has 3 heterocycles. The molecule has 0 aliphatic carbocycles. The Hall–Kier alpha value is -4.19. The van der Waals surface area contributed by atoms with Crippen LogP contribution in [0.2, 0.25) is 0 Å². The van der Waals surface area contributed by atoms with Crippen LogP contribution in [0.1, 0.15) is 47.4 Å². The van der Waals surface area contributed by atoms with Gasteiger partial charge >= 0.3 is 11.7 Å². The van der Waals surface area contributed by atoms with E-state index in [0.717, 1.165) is 29.5 Å². The molecule has 1 saturated heterocycles. The number of benzene rings is 1. The van der Waals surface area contributed by atoms with Gasteiger partial charge in [-0.1, -0.05) is 17.7 Å². The maximum atomic E-state index is 13.8. The summed E-state index contributed by atoms with van der Waals surface area (Å²) in [5, 5.41) is 0. The number of nitrogens with two attached hydrogens (primary N) is 2. The lowest BCUT2D eigenvalue weighted by Gasteiger charge is -2.31. The van der Waals surface area contributed by atoms with Crippen molar-refractivity contribution in [2.24, 2.45) is 12.8 Å². The largest absolute Gasteiger partial charge is 0.465 e. The van der Waals surface area contributed by atoms with Gasteiger partial charge in [-0.15, -0.1) is 0 Å².